The summed E-state index contributed by atoms with van der Waals surface area (Å²) in [6, 6.07) is 9.00. The first-order chi connectivity index (χ1) is 9.17. The van der Waals surface area contributed by atoms with Gasteiger partial charge in [0.15, 0.2) is 0 Å². The van der Waals surface area contributed by atoms with E-state index in [-0.39, 0.29) is 18.0 Å². The van der Waals surface area contributed by atoms with Crippen molar-refractivity contribution in [1.82, 2.24) is 5.32 Å². The number of ether oxygens (including phenoxy) is 1. The minimum Gasteiger partial charge on any atom is -0.484 e. The van der Waals surface area contributed by atoms with Gasteiger partial charge in [0.1, 0.15) is 17.7 Å². The Hall–Kier alpha value is -0.910. The molecule has 0 saturated heterocycles. The van der Waals surface area contributed by atoms with E-state index in [9.17, 15) is 4.39 Å². The summed E-state index contributed by atoms with van der Waals surface area (Å²) in [5, 5.41) is 3.28. The topological polar surface area (TPSA) is 21.3 Å². The molecule has 100 valence electrons. The van der Waals surface area contributed by atoms with Crippen LogP contribution in [0.3, 0.4) is 0 Å². The highest BCUT2D eigenvalue weighted by molar-refractivity contribution is 9.11. The lowest BCUT2D eigenvalue weighted by atomic mass is 9.96. The van der Waals surface area contributed by atoms with E-state index < -0.39 is 0 Å². The standard InChI is InChI=1S/C14H13BrFNOS/c1-17-10-7-12(13-4-5-14(15)19-13)18-11-6-8(16)2-3-9(10)11/h2-6,10,12,17H,7H2,1H3. The summed E-state index contributed by atoms with van der Waals surface area (Å²) in [6.45, 7) is 0. The molecule has 19 heavy (non-hydrogen) atoms. The van der Waals surface area contributed by atoms with Gasteiger partial charge in [-0.3, -0.25) is 0 Å². The summed E-state index contributed by atoms with van der Waals surface area (Å²) < 4.78 is 20.4. The molecule has 1 N–H and O–H groups in total. The number of nitrogens with one attached hydrogen (secondary N) is 1. The molecule has 0 amide bonds. The number of halogens is 2. The van der Waals surface area contributed by atoms with Gasteiger partial charge in [-0.1, -0.05) is 6.07 Å². The van der Waals surface area contributed by atoms with Crippen molar-refractivity contribution in [3.05, 3.63) is 50.4 Å². The lowest BCUT2D eigenvalue weighted by Crippen LogP contribution is -2.26. The van der Waals surface area contributed by atoms with E-state index in [0.29, 0.717) is 5.75 Å². The van der Waals surface area contributed by atoms with E-state index in [1.807, 2.05) is 13.1 Å². The van der Waals surface area contributed by atoms with E-state index >= 15 is 0 Å². The summed E-state index contributed by atoms with van der Waals surface area (Å²) in [6.07, 6.45) is 0.824. The fourth-order valence-electron chi connectivity index (χ4n) is 2.39. The maximum atomic E-state index is 13.4. The highest BCUT2D eigenvalue weighted by Crippen LogP contribution is 2.43. The molecule has 2 heterocycles. The van der Waals surface area contributed by atoms with Gasteiger partial charge in [0.05, 0.1) is 3.79 Å². The molecule has 1 aromatic heterocycles. The maximum absolute atomic E-state index is 13.4. The Bertz CT molecular complexity index is 601. The highest BCUT2D eigenvalue weighted by Gasteiger charge is 2.29. The quantitative estimate of drug-likeness (QED) is 0.872. The van der Waals surface area contributed by atoms with Gasteiger partial charge in [0, 0.05) is 29.0 Å². The van der Waals surface area contributed by atoms with Crippen molar-refractivity contribution < 1.29 is 9.13 Å². The minimum absolute atomic E-state index is 0.0250. The van der Waals surface area contributed by atoms with Crippen LogP contribution in [0.25, 0.3) is 0 Å². The van der Waals surface area contributed by atoms with Gasteiger partial charge in [0.2, 0.25) is 0 Å². The SMILES string of the molecule is CNC1CC(c2ccc(Br)s2)Oc2cc(F)ccc21. The molecule has 1 aliphatic heterocycles. The van der Waals surface area contributed by atoms with Crippen LogP contribution < -0.4 is 10.1 Å². The first kappa shape index (κ1) is 13.1. The molecule has 0 saturated carbocycles. The van der Waals surface area contributed by atoms with Crippen molar-refractivity contribution in [2.45, 2.75) is 18.6 Å². The lowest BCUT2D eigenvalue weighted by Gasteiger charge is -2.31. The number of rotatable bonds is 2. The van der Waals surface area contributed by atoms with Gasteiger partial charge in [-0.15, -0.1) is 11.3 Å². The van der Waals surface area contributed by atoms with Crippen molar-refractivity contribution in [2.24, 2.45) is 0 Å². The normalized spacial score (nSPS) is 21.8. The fourth-order valence-corrected chi connectivity index (χ4v) is 3.86. The third-order valence-corrected chi connectivity index (χ3v) is 5.05. The molecule has 0 spiro atoms. The molecule has 3 rings (SSSR count). The van der Waals surface area contributed by atoms with Crippen LogP contribution >= 0.6 is 27.3 Å². The minimum atomic E-state index is -0.262. The Kier molecular flexibility index (Phi) is 3.60. The first-order valence-corrected chi connectivity index (χ1v) is 7.67. The number of hydrogen-bond donors (Lipinski definition) is 1. The van der Waals surface area contributed by atoms with Crippen LogP contribution in [0.15, 0.2) is 34.1 Å². The molecule has 1 aliphatic rings. The van der Waals surface area contributed by atoms with Crippen LogP contribution in [0.1, 0.15) is 29.0 Å². The Labute approximate surface area is 123 Å². The Morgan fingerprint density at radius 2 is 2.21 bits per heavy atom. The van der Waals surface area contributed by atoms with Crippen LogP contribution in [0.5, 0.6) is 5.75 Å². The Morgan fingerprint density at radius 3 is 2.89 bits per heavy atom. The van der Waals surface area contributed by atoms with Gasteiger partial charge in [-0.2, -0.15) is 0 Å². The average Bonchev–Trinajstić information content (AvgIpc) is 2.83. The van der Waals surface area contributed by atoms with Gasteiger partial charge >= 0.3 is 0 Å². The third-order valence-electron chi connectivity index (χ3n) is 3.33. The Balaban J connectivity index is 1.96. The van der Waals surface area contributed by atoms with Crippen molar-refractivity contribution >= 4 is 27.3 Å². The molecular weight excluding hydrogens is 329 g/mol. The van der Waals surface area contributed by atoms with E-state index in [0.717, 1.165) is 20.6 Å². The summed E-state index contributed by atoms with van der Waals surface area (Å²) in [4.78, 5) is 1.15. The fraction of sp³-hybridized carbons (Fsp3) is 0.286. The molecule has 0 radical (unpaired) electrons. The zero-order valence-corrected chi connectivity index (χ0v) is 12.7. The van der Waals surface area contributed by atoms with Gasteiger partial charge in [-0.05, 0) is 41.2 Å². The van der Waals surface area contributed by atoms with Crippen LogP contribution in [0.2, 0.25) is 0 Å². The molecule has 5 heteroatoms. The molecule has 0 fully saturated rings. The molecule has 0 bridgehead atoms. The molecule has 0 aliphatic carbocycles. The zero-order chi connectivity index (χ0) is 13.4. The summed E-state index contributed by atoms with van der Waals surface area (Å²) >= 11 is 5.12. The van der Waals surface area contributed by atoms with E-state index in [4.69, 9.17) is 4.74 Å². The second kappa shape index (κ2) is 5.23. The lowest BCUT2D eigenvalue weighted by molar-refractivity contribution is 0.156. The average molecular weight is 342 g/mol. The number of fused-ring (bicyclic) bond motifs is 1. The van der Waals surface area contributed by atoms with Crippen LogP contribution in [0.4, 0.5) is 4.39 Å². The van der Waals surface area contributed by atoms with Gasteiger partial charge in [-0.25, -0.2) is 4.39 Å². The van der Waals surface area contributed by atoms with Crippen LogP contribution in [-0.2, 0) is 0 Å². The largest absolute Gasteiger partial charge is 0.484 e. The maximum Gasteiger partial charge on any atom is 0.135 e. The second-order valence-corrected chi connectivity index (χ2v) is 7.00. The van der Waals surface area contributed by atoms with E-state index in [2.05, 4.69) is 27.3 Å². The van der Waals surface area contributed by atoms with Gasteiger partial charge < -0.3 is 10.1 Å². The predicted octanol–water partition coefficient (Wildman–Crippen LogP) is 4.43. The number of benzene rings is 1. The predicted molar refractivity (Wildman–Crippen MR) is 78.2 cm³/mol. The number of hydrogen-bond acceptors (Lipinski definition) is 3. The van der Waals surface area contributed by atoms with Crippen molar-refractivity contribution in [2.75, 3.05) is 7.05 Å². The van der Waals surface area contributed by atoms with Crippen LogP contribution in [-0.4, -0.2) is 7.05 Å². The smallest absolute Gasteiger partial charge is 0.135 e. The van der Waals surface area contributed by atoms with Crippen molar-refractivity contribution in [3.63, 3.8) is 0 Å². The van der Waals surface area contributed by atoms with E-state index in [1.165, 1.54) is 12.1 Å². The van der Waals surface area contributed by atoms with Crippen molar-refractivity contribution in [3.8, 4) is 5.75 Å². The molecule has 2 unspecified atom stereocenters. The molecule has 2 nitrogen and oxygen atoms in total. The zero-order valence-electron chi connectivity index (χ0n) is 10.3. The summed E-state index contributed by atoms with van der Waals surface area (Å²) in [7, 11) is 1.92. The monoisotopic (exact) mass is 341 g/mol. The molecule has 2 aromatic rings. The molecule has 1 aromatic carbocycles. The van der Waals surface area contributed by atoms with Crippen LogP contribution in [0, 0.1) is 5.82 Å². The summed E-state index contributed by atoms with van der Waals surface area (Å²) in [5.74, 6) is 0.377. The molecular formula is C14H13BrFNOS. The number of thiophene rings is 1. The second-order valence-electron chi connectivity index (χ2n) is 4.51. The van der Waals surface area contributed by atoms with E-state index in [1.54, 1.807) is 17.4 Å². The molecule has 2 atom stereocenters. The first-order valence-electron chi connectivity index (χ1n) is 6.06. The highest BCUT2D eigenvalue weighted by atomic mass is 79.9. The Morgan fingerprint density at radius 1 is 1.37 bits per heavy atom. The summed E-state index contributed by atoms with van der Waals surface area (Å²) in [5.41, 5.74) is 1.02. The van der Waals surface area contributed by atoms with Crippen molar-refractivity contribution in [1.29, 1.82) is 0 Å². The third kappa shape index (κ3) is 2.55. The van der Waals surface area contributed by atoms with Gasteiger partial charge in [0.25, 0.3) is 0 Å².